The van der Waals surface area contributed by atoms with E-state index in [1.54, 1.807) is 64.2 Å². The lowest BCUT2D eigenvalue weighted by atomic mass is 9.73. The molecule has 4 unspecified atom stereocenters. The van der Waals surface area contributed by atoms with Gasteiger partial charge in [0.2, 0.25) is 0 Å². The van der Waals surface area contributed by atoms with E-state index in [4.69, 9.17) is 0 Å². The molecule has 0 aromatic carbocycles. The van der Waals surface area contributed by atoms with Gasteiger partial charge in [-0.3, -0.25) is 0 Å². The molecule has 0 N–H and O–H groups in total. The number of unbranched alkanes of at least 4 members (excludes halogenated alkanes) is 9. The van der Waals surface area contributed by atoms with Crippen molar-refractivity contribution in [1.29, 1.82) is 0 Å². The first kappa shape index (κ1) is 19.8. The second-order valence-corrected chi connectivity index (χ2v) is 9.86. The quantitative estimate of drug-likeness (QED) is 0.329. The van der Waals surface area contributed by atoms with Crippen molar-refractivity contribution in [2.24, 2.45) is 29.6 Å². The van der Waals surface area contributed by atoms with Crippen molar-refractivity contribution in [3.8, 4) is 0 Å². The molecule has 0 amide bonds. The van der Waals surface area contributed by atoms with Crippen LogP contribution in [0.1, 0.15) is 129 Å². The van der Waals surface area contributed by atoms with E-state index in [0.29, 0.717) is 0 Å². The Morgan fingerprint density at radius 1 is 0.480 bits per heavy atom. The van der Waals surface area contributed by atoms with Crippen LogP contribution in [0.2, 0.25) is 0 Å². The fourth-order valence-corrected chi connectivity index (χ4v) is 7.12. The van der Waals surface area contributed by atoms with Crippen LogP contribution in [0.5, 0.6) is 0 Å². The van der Waals surface area contributed by atoms with E-state index in [2.05, 4.69) is 6.92 Å². The lowest BCUT2D eigenvalue weighted by molar-refractivity contribution is 0.184. The first-order valence-electron chi connectivity index (χ1n) is 12.4. The molecule has 3 rings (SSSR count). The standard InChI is InChI=1S/C25H46/c1-2-3-4-5-6-7-8-9-10-11-16-21-22-17-12-14-19-24(22)25-20-15-13-18-23(21)25/h21-25H,2-20H2,1H3. The van der Waals surface area contributed by atoms with Gasteiger partial charge in [-0.25, -0.2) is 0 Å². The van der Waals surface area contributed by atoms with Gasteiger partial charge in [0.15, 0.2) is 0 Å². The lowest BCUT2D eigenvalue weighted by Crippen LogP contribution is -2.22. The SMILES string of the molecule is CCCCCCCCCCCCC1C2CCCCC2C2CCCCC12. The van der Waals surface area contributed by atoms with Gasteiger partial charge in [-0.1, -0.05) is 96.8 Å². The van der Waals surface area contributed by atoms with Crippen molar-refractivity contribution in [2.75, 3.05) is 0 Å². The maximum atomic E-state index is 2.31. The second-order valence-electron chi connectivity index (χ2n) is 9.86. The van der Waals surface area contributed by atoms with E-state index in [0.717, 1.165) is 29.6 Å². The highest BCUT2D eigenvalue weighted by molar-refractivity contribution is 4.99. The van der Waals surface area contributed by atoms with Crippen molar-refractivity contribution >= 4 is 0 Å². The Labute approximate surface area is 158 Å². The Morgan fingerprint density at radius 3 is 1.36 bits per heavy atom. The summed E-state index contributed by atoms with van der Waals surface area (Å²) in [5.74, 6) is 5.77. The minimum atomic E-state index is 1.14. The summed E-state index contributed by atoms with van der Waals surface area (Å²) in [7, 11) is 0. The zero-order valence-electron chi connectivity index (χ0n) is 17.3. The Hall–Kier alpha value is 0. The average Bonchev–Trinajstić information content (AvgIpc) is 2.97. The predicted molar refractivity (Wildman–Crippen MR) is 111 cm³/mol. The van der Waals surface area contributed by atoms with Gasteiger partial charge < -0.3 is 0 Å². The van der Waals surface area contributed by atoms with Crippen LogP contribution in [0.3, 0.4) is 0 Å². The molecule has 4 atom stereocenters. The maximum Gasteiger partial charge on any atom is -0.0352 e. The van der Waals surface area contributed by atoms with Crippen LogP contribution in [0.25, 0.3) is 0 Å². The molecule has 0 aromatic heterocycles. The summed E-state index contributed by atoms with van der Waals surface area (Å²) < 4.78 is 0. The molecule has 0 bridgehead atoms. The molecule has 0 aromatic rings. The summed E-state index contributed by atoms with van der Waals surface area (Å²) in [5.41, 5.74) is 0. The zero-order valence-corrected chi connectivity index (χ0v) is 17.3. The van der Waals surface area contributed by atoms with E-state index in [1.165, 1.54) is 57.8 Å². The molecule has 146 valence electrons. The second kappa shape index (κ2) is 11.0. The molecule has 0 spiro atoms. The first-order valence-corrected chi connectivity index (χ1v) is 12.4. The highest BCUT2D eigenvalue weighted by atomic mass is 14.5. The van der Waals surface area contributed by atoms with E-state index >= 15 is 0 Å². The Balaban J connectivity index is 1.31. The van der Waals surface area contributed by atoms with Gasteiger partial charge >= 0.3 is 0 Å². The molecule has 3 fully saturated rings. The Morgan fingerprint density at radius 2 is 0.880 bits per heavy atom. The zero-order chi connectivity index (χ0) is 17.3. The molecule has 25 heavy (non-hydrogen) atoms. The number of rotatable bonds is 11. The third-order valence-electron chi connectivity index (χ3n) is 8.29. The third kappa shape index (κ3) is 5.49. The normalized spacial score (nSPS) is 34.7. The summed E-state index contributed by atoms with van der Waals surface area (Å²) in [4.78, 5) is 0. The Bertz CT molecular complexity index is 324. The fourth-order valence-electron chi connectivity index (χ4n) is 7.12. The van der Waals surface area contributed by atoms with Crippen LogP contribution in [0, 0.1) is 29.6 Å². The lowest BCUT2D eigenvalue weighted by Gasteiger charge is -2.32. The molecule has 0 radical (unpaired) electrons. The van der Waals surface area contributed by atoms with Gasteiger partial charge in [-0.15, -0.1) is 0 Å². The monoisotopic (exact) mass is 346 g/mol. The number of fused-ring (bicyclic) bond motifs is 3. The predicted octanol–water partition coefficient (Wildman–Crippen LogP) is 8.54. The van der Waals surface area contributed by atoms with Gasteiger partial charge in [0.05, 0.1) is 0 Å². The molecular weight excluding hydrogens is 300 g/mol. The van der Waals surface area contributed by atoms with Crippen molar-refractivity contribution in [2.45, 2.75) is 129 Å². The maximum absolute atomic E-state index is 2.31. The van der Waals surface area contributed by atoms with Gasteiger partial charge in [0.25, 0.3) is 0 Å². The average molecular weight is 347 g/mol. The Kier molecular flexibility index (Phi) is 8.68. The number of hydrogen-bond donors (Lipinski definition) is 0. The fraction of sp³-hybridized carbons (Fsp3) is 1.00. The van der Waals surface area contributed by atoms with Crippen LogP contribution in [0.4, 0.5) is 0 Å². The molecule has 0 nitrogen and oxygen atoms in total. The molecule has 3 saturated carbocycles. The van der Waals surface area contributed by atoms with Gasteiger partial charge in [0.1, 0.15) is 0 Å². The van der Waals surface area contributed by atoms with Gasteiger partial charge in [-0.2, -0.15) is 0 Å². The summed E-state index contributed by atoms with van der Waals surface area (Å²) in [6.45, 7) is 2.31. The summed E-state index contributed by atoms with van der Waals surface area (Å²) in [6, 6.07) is 0. The van der Waals surface area contributed by atoms with Crippen molar-refractivity contribution in [3.05, 3.63) is 0 Å². The molecule has 0 heterocycles. The van der Waals surface area contributed by atoms with Crippen LogP contribution in [-0.4, -0.2) is 0 Å². The van der Waals surface area contributed by atoms with E-state index in [9.17, 15) is 0 Å². The van der Waals surface area contributed by atoms with Crippen molar-refractivity contribution < 1.29 is 0 Å². The minimum Gasteiger partial charge on any atom is -0.0654 e. The topological polar surface area (TPSA) is 0 Å². The molecule has 0 saturated heterocycles. The van der Waals surface area contributed by atoms with E-state index in [1.807, 2.05) is 0 Å². The van der Waals surface area contributed by atoms with E-state index in [-0.39, 0.29) is 0 Å². The first-order chi connectivity index (χ1) is 12.4. The highest BCUT2D eigenvalue weighted by Crippen LogP contribution is 2.58. The molecule has 3 aliphatic carbocycles. The van der Waals surface area contributed by atoms with Crippen LogP contribution in [-0.2, 0) is 0 Å². The van der Waals surface area contributed by atoms with Crippen molar-refractivity contribution in [3.63, 3.8) is 0 Å². The largest absolute Gasteiger partial charge is 0.0654 e. The molecule has 0 aliphatic heterocycles. The summed E-state index contributed by atoms with van der Waals surface area (Å²) in [5, 5.41) is 0. The molecule has 0 heteroatoms. The van der Waals surface area contributed by atoms with Gasteiger partial charge in [0, 0.05) is 0 Å². The number of hydrogen-bond acceptors (Lipinski definition) is 0. The van der Waals surface area contributed by atoms with Crippen molar-refractivity contribution in [1.82, 2.24) is 0 Å². The van der Waals surface area contributed by atoms with Gasteiger partial charge in [-0.05, 0) is 61.7 Å². The van der Waals surface area contributed by atoms with Crippen LogP contribution >= 0.6 is 0 Å². The summed E-state index contributed by atoms with van der Waals surface area (Å²) >= 11 is 0. The molecule has 3 aliphatic rings. The van der Waals surface area contributed by atoms with Crippen LogP contribution < -0.4 is 0 Å². The highest BCUT2D eigenvalue weighted by Gasteiger charge is 2.50. The summed E-state index contributed by atoms with van der Waals surface area (Å²) in [6.07, 6.45) is 29.1. The smallest absolute Gasteiger partial charge is 0.0352 e. The minimum absolute atomic E-state index is 1.14. The third-order valence-corrected chi connectivity index (χ3v) is 8.29. The molecular formula is C25H46. The van der Waals surface area contributed by atoms with E-state index < -0.39 is 0 Å². The van der Waals surface area contributed by atoms with Crippen LogP contribution in [0.15, 0.2) is 0 Å².